The molecule has 1 aliphatic rings. The predicted molar refractivity (Wildman–Crippen MR) is 81.0 cm³/mol. The van der Waals surface area contributed by atoms with Gasteiger partial charge in [0, 0.05) is 19.2 Å². The Hall–Kier alpha value is -2.25. The zero-order chi connectivity index (χ0) is 15.5. The van der Waals surface area contributed by atoms with E-state index in [0.29, 0.717) is 24.4 Å². The molecular weight excluding hydrogens is 284 g/mol. The molecule has 116 valence electrons. The third-order valence-corrected chi connectivity index (χ3v) is 3.83. The maximum atomic E-state index is 11.2. The molecule has 1 fully saturated rings. The smallest absolute Gasteiger partial charge is 0.278 e. The van der Waals surface area contributed by atoms with E-state index in [-0.39, 0.29) is 11.9 Å². The zero-order valence-electron chi connectivity index (χ0n) is 12.1. The van der Waals surface area contributed by atoms with Gasteiger partial charge in [0.15, 0.2) is 6.23 Å². The minimum atomic E-state index is -0.395. The Labute approximate surface area is 127 Å². The molecule has 2 heterocycles. The van der Waals surface area contributed by atoms with Crippen LogP contribution in [0, 0.1) is 10.1 Å². The number of nitrogens with two attached hydrogens (primary N) is 1. The molecular formula is C15H18N4O3. The molecule has 0 aliphatic carbocycles. The van der Waals surface area contributed by atoms with Crippen molar-refractivity contribution in [2.45, 2.75) is 32.0 Å². The average molecular weight is 302 g/mol. The van der Waals surface area contributed by atoms with Gasteiger partial charge in [0.25, 0.3) is 5.69 Å². The molecule has 7 heteroatoms. The highest BCUT2D eigenvalue weighted by Crippen LogP contribution is 2.31. The number of aromatic nitrogens is 2. The molecule has 0 amide bonds. The van der Waals surface area contributed by atoms with Gasteiger partial charge < -0.3 is 10.5 Å². The lowest BCUT2D eigenvalue weighted by Gasteiger charge is -2.24. The Morgan fingerprint density at radius 2 is 2.23 bits per heavy atom. The van der Waals surface area contributed by atoms with Gasteiger partial charge in [-0.05, 0) is 31.4 Å². The van der Waals surface area contributed by atoms with Crippen LogP contribution in [0.1, 0.15) is 31.2 Å². The molecule has 2 aromatic rings. The first-order chi connectivity index (χ1) is 10.7. The highest BCUT2D eigenvalue weighted by atomic mass is 16.6. The first-order valence-electron chi connectivity index (χ1n) is 7.34. The van der Waals surface area contributed by atoms with Gasteiger partial charge in [-0.1, -0.05) is 12.1 Å². The van der Waals surface area contributed by atoms with Crippen molar-refractivity contribution < 1.29 is 9.66 Å². The number of nitro groups is 1. The minimum Gasteiger partial charge on any atom is -0.357 e. The van der Waals surface area contributed by atoms with E-state index in [1.165, 1.54) is 6.07 Å². The molecule has 22 heavy (non-hydrogen) atoms. The first-order valence-corrected chi connectivity index (χ1v) is 7.34. The van der Waals surface area contributed by atoms with E-state index in [0.717, 1.165) is 25.0 Å². The topological polar surface area (TPSA) is 96.2 Å². The van der Waals surface area contributed by atoms with Gasteiger partial charge in [-0.25, -0.2) is 4.68 Å². The van der Waals surface area contributed by atoms with Crippen LogP contribution in [0.5, 0.6) is 0 Å². The normalized spacial score (nSPS) is 18.3. The van der Waals surface area contributed by atoms with Crippen LogP contribution in [0.4, 0.5) is 5.69 Å². The monoisotopic (exact) mass is 302 g/mol. The lowest BCUT2D eigenvalue weighted by atomic mass is 10.1. The summed E-state index contributed by atoms with van der Waals surface area (Å²) in [6.45, 7) is 1.02. The molecule has 1 aliphatic heterocycles. The van der Waals surface area contributed by atoms with Crippen molar-refractivity contribution in [3.63, 3.8) is 0 Å². The van der Waals surface area contributed by atoms with Gasteiger partial charge >= 0.3 is 0 Å². The van der Waals surface area contributed by atoms with Crippen LogP contribution in [0.3, 0.4) is 0 Å². The predicted octanol–water partition coefficient (Wildman–Crippen LogP) is 2.62. The number of nitro benzene ring substituents is 1. The molecule has 1 atom stereocenters. The molecule has 1 aromatic heterocycles. The molecule has 0 spiro atoms. The fourth-order valence-corrected chi connectivity index (χ4v) is 2.73. The van der Waals surface area contributed by atoms with Gasteiger partial charge in [0.1, 0.15) is 0 Å². The van der Waals surface area contributed by atoms with E-state index in [1.807, 2.05) is 0 Å². The van der Waals surface area contributed by atoms with Crippen LogP contribution < -0.4 is 5.73 Å². The van der Waals surface area contributed by atoms with Crippen LogP contribution in [-0.2, 0) is 11.3 Å². The lowest BCUT2D eigenvalue weighted by molar-refractivity contribution is -0.384. The Morgan fingerprint density at radius 3 is 2.91 bits per heavy atom. The van der Waals surface area contributed by atoms with E-state index >= 15 is 0 Å². The molecule has 1 aromatic carbocycles. The third kappa shape index (κ3) is 2.72. The van der Waals surface area contributed by atoms with Gasteiger partial charge in [0.2, 0.25) is 0 Å². The van der Waals surface area contributed by atoms with Crippen LogP contribution in [0.15, 0.2) is 30.3 Å². The van der Waals surface area contributed by atoms with E-state index in [9.17, 15) is 10.1 Å². The summed E-state index contributed by atoms with van der Waals surface area (Å²) in [5.74, 6) is 0. The Kier molecular flexibility index (Phi) is 4.17. The van der Waals surface area contributed by atoms with Crippen molar-refractivity contribution in [3.8, 4) is 11.3 Å². The fourth-order valence-electron chi connectivity index (χ4n) is 2.73. The van der Waals surface area contributed by atoms with Crippen molar-refractivity contribution in [1.82, 2.24) is 9.78 Å². The summed E-state index contributed by atoms with van der Waals surface area (Å²) in [6, 6.07) is 8.40. The van der Waals surface area contributed by atoms with Crippen LogP contribution in [0.2, 0.25) is 0 Å². The van der Waals surface area contributed by atoms with Crippen molar-refractivity contribution in [2.24, 2.45) is 5.73 Å². The maximum Gasteiger partial charge on any atom is 0.278 e. The SMILES string of the molecule is NCc1cc(-c2ccccc2[N+](=O)[O-])nn1C1CCCCO1. The number of hydrogen-bond donors (Lipinski definition) is 1. The standard InChI is InChI=1S/C15H18N4O3/c16-10-11-9-13(12-5-1-2-6-14(12)19(20)21)17-18(11)15-7-3-4-8-22-15/h1-2,5-6,9,15H,3-4,7-8,10,16H2. The second-order valence-corrected chi connectivity index (χ2v) is 5.27. The first kappa shape index (κ1) is 14.7. The zero-order valence-corrected chi connectivity index (χ0v) is 12.1. The second kappa shape index (κ2) is 6.25. The summed E-state index contributed by atoms with van der Waals surface area (Å²) in [5.41, 5.74) is 7.71. The quantitative estimate of drug-likeness (QED) is 0.691. The van der Waals surface area contributed by atoms with Gasteiger partial charge in [0.05, 0.1) is 21.9 Å². The average Bonchev–Trinajstić information content (AvgIpc) is 3.00. The number of benzene rings is 1. The summed E-state index contributed by atoms with van der Waals surface area (Å²) < 4.78 is 7.51. The van der Waals surface area contributed by atoms with E-state index in [2.05, 4.69) is 5.10 Å². The molecule has 2 N–H and O–H groups in total. The number of nitrogens with zero attached hydrogens (tertiary/aromatic N) is 3. The molecule has 0 bridgehead atoms. The van der Waals surface area contributed by atoms with Crippen molar-refractivity contribution in [2.75, 3.05) is 6.61 Å². The van der Waals surface area contributed by atoms with Crippen molar-refractivity contribution in [1.29, 1.82) is 0 Å². The van der Waals surface area contributed by atoms with Crippen LogP contribution >= 0.6 is 0 Å². The van der Waals surface area contributed by atoms with E-state index in [1.54, 1.807) is 28.9 Å². The summed E-state index contributed by atoms with van der Waals surface area (Å²) in [6.07, 6.45) is 2.87. The van der Waals surface area contributed by atoms with Crippen molar-refractivity contribution in [3.05, 3.63) is 46.1 Å². The summed E-state index contributed by atoms with van der Waals surface area (Å²) in [5, 5.41) is 15.7. The Morgan fingerprint density at radius 1 is 1.41 bits per heavy atom. The minimum absolute atomic E-state index is 0.0419. The van der Waals surface area contributed by atoms with Crippen LogP contribution in [0.25, 0.3) is 11.3 Å². The summed E-state index contributed by atoms with van der Waals surface area (Å²) in [4.78, 5) is 10.8. The van der Waals surface area contributed by atoms with Crippen molar-refractivity contribution >= 4 is 5.69 Å². The van der Waals surface area contributed by atoms with E-state index in [4.69, 9.17) is 10.5 Å². The number of hydrogen-bond acceptors (Lipinski definition) is 5. The van der Waals surface area contributed by atoms with E-state index < -0.39 is 4.92 Å². The molecule has 7 nitrogen and oxygen atoms in total. The van der Waals surface area contributed by atoms with Crippen LogP contribution in [-0.4, -0.2) is 21.3 Å². The van der Waals surface area contributed by atoms with Gasteiger partial charge in [-0.15, -0.1) is 0 Å². The fraction of sp³-hybridized carbons (Fsp3) is 0.400. The number of para-hydroxylation sites is 1. The molecule has 0 radical (unpaired) electrons. The lowest BCUT2D eigenvalue weighted by Crippen LogP contribution is -2.22. The maximum absolute atomic E-state index is 11.2. The Bertz CT molecular complexity index is 677. The molecule has 1 unspecified atom stereocenters. The highest BCUT2D eigenvalue weighted by Gasteiger charge is 2.23. The summed E-state index contributed by atoms with van der Waals surface area (Å²) in [7, 11) is 0. The van der Waals surface area contributed by atoms with Gasteiger partial charge in [-0.3, -0.25) is 10.1 Å². The number of ether oxygens (including phenoxy) is 1. The molecule has 0 saturated carbocycles. The molecule has 1 saturated heterocycles. The molecule has 3 rings (SSSR count). The van der Waals surface area contributed by atoms with Gasteiger partial charge in [-0.2, -0.15) is 5.10 Å². The number of rotatable bonds is 4. The third-order valence-electron chi connectivity index (χ3n) is 3.83. The highest BCUT2D eigenvalue weighted by molar-refractivity contribution is 5.70. The second-order valence-electron chi connectivity index (χ2n) is 5.27. The largest absolute Gasteiger partial charge is 0.357 e. The summed E-state index contributed by atoms with van der Waals surface area (Å²) >= 11 is 0. The Balaban J connectivity index is 2.02.